The van der Waals surface area contributed by atoms with Crippen molar-refractivity contribution in [1.82, 2.24) is 0 Å². The minimum absolute atomic E-state index is 0.545. The van der Waals surface area contributed by atoms with Gasteiger partial charge < -0.3 is 0 Å². The second kappa shape index (κ2) is 1.47. The maximum atomic E-state index is 2.42. The maximum Gasteiger partial charge on any atom is 0.163 e. The van der Waals surface area contributed by atoms with E-state index in [2.05, 4.69) is 29.9 Å². The first-order valence-electron chi connectivity index (χ1n) is 3.58. The molecule has 0 saturated heterocycles. The van der Waals surface area contributed by atoms with E-state index in [-0.39, 0.29) is 0 Å². The quantitative estimate of drug-likeness (QED) is 0.460. The van der Waals surface area contributed by atoms with Gasteiger partial charge in [0.05, 0.1) is 0 Å². The van der Waals surface area contributed by atoms with Crippen LogP contribution < -0.4 is 0 Å². The summed E-state index contributed by atoms with van der Waals surface area (Å²) in [6.45, 7) is 3.47. The highest BCUT2D eigenvalue weighted by atomic mass is 15.1. The van der Waals surface area contributed by atoms with Crippen molar-refractivity contribution in [3.8, 4) is 0 Å². The summed E-state index contributed by atoms with van der Waals surface area (Å²) in [5.74, 6) is 0. The van der Waals surface area contributed by atoms with Crippen molar-refractivity contribution in [2.24, 2.45) is 0 Å². The maximum absolute atomic E-state index is 2.42. The molecule has 2 rings (SSSR count). The molecule has 1 heteroatoms. The SMILES string of the molecule is CC1([N+]2=CC=CC2)CC1. The molecule has 0 N–H and O–H groups in total. The van der Waals surface area contributed by atoms with E-state index in [0.29, 0.717) is 5.54 Å². The number of hydrogen-bond donors (Lipinski definition) is 0. The molecule has 0 spiro atoms. The number of allylic oxidation sites excluding steroid dienone is 1. The van der Waals surface area contributed by atoms with Crippen LogP contribution in [0.2, 0.25) is 0 Å². The fourth-order valence-electron chi connectivity index (χ4n) is 1.27. The lowest BCUT2D eigenvalue weighted by Crippen LogP contribution is -2.23. The van der Waals surface area contributed by atoms with Crippen LogP contribution in [0, 0.1) is 0 Å². The van der Waals surface area contributed by atoms with Gasteiger partial charge in [-0.2, -0.15) is 0 Å². The molecular weight excluding hydrogens is 110 g/mol. The third kappa shape index (κ3) is 0.716. The Morgan fingerprint density at radius 1 is 1.44 bits per heavy atom. The lowest BCUT2D eigenvalue weighted by atomic mass is 10.3. The molecule has 1 heterocycles. The zero-order chi connectivity index (χ0) is 6.32. The molecule has 1 nitrogen and oxygen atoms in total. The molecule has 1 aliphatic heterocycles. The van der Waals surface area contributed by atoms with E-state index in [0.717, 1.165) is 6.54 Å². The molecule has 0 bridgehead atoms. The van der Waals surface area contributed by atoms with Crippen LogP contribution in [0.3, 0.4) is 0 Å². The molecule has 0 aromatic rings. The number of nitrogens with zero attached hydrogens (tertiary/aromatic N) is 1. The summed E-state index contributed by atoms with van der Waals surface area (Å²) in [7, 11) is 0. The lowest BCUT2D eigenvalue weighted by Gasteiger charge is -2.02. The fourth-order valence-corrected chi connectivity index (χ4v) is 1.27. The minimum Gasteiger partial charge on any atom is -0.227 e. The summed E-state index contributed by atoms with van der Waals surface area (Å²) in [5, 5.41) is 0. The summed E-state index contributed by atoms with van der Waals surface area (Å²) in [4.78, 5) is 0. The van der Waals surface area contributed by atoms with Gasteiger partial charge in [-0.3, -0.25) is 0 Å². The summed E-state index contributed by atoms with van der Waals surface area (Å²) in [6, 6.07) is 0. The van der Waals surface area contributed by atoms with Crippen LogP contribution in [0.5, 0.6) is 0 Å². The molecule has 0 amide bonds. The number of rotatable bonds is 1. The average Bonchev–Trinajstić information content (AvgIpc) is 2.46. The molecule has 48 valence electrons. The van der Waals surface area contributed by atoms with Gasteiger partial charge >= 0.3 is 0 Å². The Morgan fingerprint density at radius 2 is 2.22 bits per heavy atom. The highest BCUT2D eigenvalue weighted by molar-refractivity contribution is 5.68. The Bertz CT molecular complexity index is 185. The van der Waals surface area contributed by atoms with E-state index in [9.17, 15) is 0 Å². The van der Waals surface area contributed by atoms with E-state index < -0.39 is 0 Å². The summed E-state index contributed by atoms with van der Waals surface area (Å²) >= 11 is 0. The van der Waals surface area contributed by atoms with Gasteiger partial charge in [-0.25, -0.2) is 4.58 Å². The Kier molecular flexibility index (Phi) is 0.850. The number of hydrogen-bond acceptors (Lipinski definition) is 0. The zero-order valence-corrected chi connectivity index (χ0v) is 5.80. The van der Waals surface area contributed by atoms with Crippen molar-refractivity contribution in [3.63, 3.8) is 0 Å². The topological polar surface area (TPSA) is 3.01 Å². The first-order chi connectivity index (χ1) is 4.31. The van der Waals surface area contributed by atoms with Crippen LogP contribution in [-0.4, -0.2) is 22.9 Å². The van der Waals surface area contributed by atoms with E-state index in [1.165, 1.54) is 12.8 Å². The van der Waals surface area contributed by atoms with E-state index >= 15 is 0 Å². The van der Waals surface area contributed by atoms with Gasteiger partial charge in [0, 0.05) is 25.8 Å². The van der Waals surface area contributed by atoms with Crippen molar-refractivity contribution < 1.29 is 4.58 Å². The predicted octanol–water partition coefficient (Wildman–Crippen LogP) is 1.19. The van der Waals surface area contributed by atoms with Gasteiger partial charge in [0.15, 0.2) is 18.3 Å². The monoisotopic (exact) mass is 122 g/mol. The van der Waals surface area contributed by atoms with Crippen LogP contribution in [0.25, 0.3) is 0 Å². The van der Waals surface area contributed by atoms with Crippen LogP contribution >= 0.6 is 0 Å². The van der Waals surface area contributed by atoms with Gasteiger partial charge in [0.2, 0.25) is 0 Å². The lowest BCUT2D eigenvalue weighted by molar-refractivity contribution is -0.560. The van der Waals surface area contributed by atoms with Crippen molar-refractivity contribution in [2.45, 2.75) is 25.3 Å². The summed E-state index contributed by atoms with van der Waals surface area (Å²) in [6.07, 6.45) is 9.32. The molecule has 2 aliphatic rings. The van der Waals surface area contributed by atoms with Gasteiger partial charge in [-0.1, -0.05) is 0 Å². The Labute approximate surface area is 55.7 Å². The van der Waals surface area contributed by atoms with E-state index in [1.54, 1.807) is 0 Å². The molecule has 0 atom stereocenters. The van der Waals surface area contributed by atoms with Gasteiger partial charge in [-0.15, -0.1) is 0 Å². The van der Waals surface area contributed by atoms with Crippen molar-refractivity contribution >= 4 is 6.21 Å². The van der Waals surface area contributed by atoms with Gasteiger partial charge in [-0.05, 0) is 6.08 Å². The first kappa shape index (κ1) is 5.21. The molecule has 1 fully saturated rings. The minimum atomic E-state index is 0.545. The molecule has 1 aliphatic carbocycles. The smallest absolute Gasteiger partial charge is 0.163 e. The third-order valence-electron chi connectivity index (χ3n) is 2.37. The summed E-state index contributed by atoms with van der Waals surface area (Å²) < 4.78 is 2.42. The van der Waals surface area contributed by atoms with E-state index in [1.807, 2.05) is 0 Å². The highest BCUT2D eigenvalue weighted by Gasteiger charge is 2.48. The first-order valence-corrected chi connectivity index (χ1v) is 3.58. The zero-order valence-electron chi connectivity index (χ0n) is 5.80. The molecular formula is C8H12N+. The Morgan fingerprint density at radius 3 is 2.67 bits per heavy atom. The Hall–Kier alpha value is -0.590. The largest absolute Gasteiger partial charge is 0.227 e. The van der Waals surface area contributed by atoms with Crippen LogP contribution in [0.4, 0.5) is 0 Å². The molecule has 0 aromatic heterocycles. The molecule has 0 radical (unpaired) electrons. The highest BCUT2D eigenvalue weighted by Crippen LogP contribution is 2.38. The Balaban J connectivity index is 2.16. The average molecular weight is 122 g/mol. The molecule has 0 unspecified atom stereocenters. The van der Waals surface area contributed by atoms with Crippen LogP contribution in [0.1, 0.15) is 19.8 Å². The van der Waals surface area contributed by atoms with Gasteiger partial charge in [0.1, 0.15) is 0 Å². The summed E-state index contributed by atoms with van der Waals surface area (Å²) in [5.41, 5.74) is 0.545. The van der Waals surface area contributed by atoms with Crippen molar-refractivity contribution in [3.05, 3.63) is 12.2 Å². The second-order valence-electron chi connectivity index (χ2n) is 3.23. The normalized spacial score (nSPS) is 28.3. The fraction of sp³-hybridized carbons (Fsp3) is 0.625. The molecule has 1 saturated carbocycles. The predicted molar refractivity (Wildman–Crippen MR) is 38.0 cm³/mol. The van der Waals surface area contributed by atoms with Crippen molar-refractivity contribution in [2.75, 3.05) is 6.54 Å². The third-order valence-corrected chi connectivity index (χ3v) is 2.37. The van der Waals surface area contributed by atoms with Crippen LogP contribution in [-0.2, 0) is 0 Å². The van der Waals surface area contributed by atoms with Crippen LogP contribution in [0.15, 0.2) is 12.2 Å². The molecule has 0 aromatic carbocycles. The standard InChI is InChI=1S/C8H12N/c1-8(4-5-8)9-6-2-3-7-9/h2-3,6H,4-5,7H2,1H3/q+1. The van der Waals surface area contributed by atoms with Gasteiger partial charge in [0.25, 0.3) is 0 Å². The molecule has 9 heavy (non-hydrogen) atoms. The van der Waals surface area contributed by atoms with Crippen molar-refractivity contribution in [1.29, 1.82) is 0 Å². The second-order valence-corrected chi connectivity index (χ2v) is 3.23. The van der Waals surface area contributed by atoms with E-state index in [4.69, 9.17) is 0 Å².